The first kappa shape index (κ1) is 15.3. The van der Waals surface area contributed by atoms with Gasteiger partial charge in [-0.1, -0.05) is 41.6 Å². The lowest BCUT2D eigenvalue weighted by molar-refractivity contribution is 0.365. The van der Waals surface area contributed by atoms with Gasteiger partial charge < -0.3 is 5.32 Å². The van der Waals surface area contributed by atoms with Crippen LogP contribution < -0.4 is 5.32 Å². The zero-order chi connectivity index (χ0) is 15.1. The summed E-state index contributed by atoms with van der Waals surface area (Å²) in [4.78, 5) is 7.84. The van der Waals surface area contributed by atoms with E-state index >= 15 is 0 Å². The molecule has 108 valence electrons. The Bertz CT molecular complexity index is 648. The van der Waals surface area contributed by atoms with Crippen LogP contribution in [0.1, 0.15) is 30.8 Å². The standard InChI is InChI=1S/C16H15ClFN3/c1-12(18)15-14(17)16(21-11-20-15)19-10-6-5-9-13-7-3-2-4-8-13/h2-4,7-8,11-12H,6,10H2,1H3,(H,19,20,21). The molecule has 1 N–H and O–H groups in total. The molecular formula is C16H15ClFN3. The molecule has 1 unspecified atom stereocenters. The van der Waals surface area contributed by atoms with Crippen LogP contribution in [0, 0.1) is 11.8 Å². The van der Waals surface area contributed by atoms with Crippen LogP contribution in [-0.2, 0) is 0 Å². The number of nitrogens with one attached hydrogen (secondary N) is 1. The first-order valence-corrected chi connectivity index (χ1v) is 6.98. The van der Waals surface area contributed by atoms with Crippen molar-refractivity contribution in [1.29, 1.82) is 0 Å². The summed E-state index contributed by atoms with van der Waals surface area (Å²) in [5, 5.41) is 3.27. The summed E-state index contributed by atoms with van der Waals surface area (Å²) in [5.41, 5.74) is 1.18. The van der Waals surface area contributed by atoms with Gasteiger partial charge in [0.2, 0.25) is 0 Å². The molecular weight excluding hydrogens is 289 g/mol. The molecule has 0 radical (unpaired) electrons. The van der Waals surface area contributed by atoms with Crippen molar-refractivity contribution in [3.63, 3.8) is 0 Å². The van der Waals surface area contributed by atoms with Crippen molar-refractivity contribution in [2.24, 2.45) is 0 Å². The Morgan fingerprint density at radius 1 is 1.29 bits per heavy atom. The fourth-order valence-electron chi connectivity index (χ4n) is 1.71. The Hall–Kier alpha value is -2.12. The van der Waals surface area contributed by atoms with Gasteiger partial charge in [0.1, 0.15) is 23.3 Å². The highest BCUT2D eigenvalue weighted by Gasteiger charge is 2.13. The third-order valence-electron chi connectivity index (χ3n) is 2.74. The maximum absolute atomic E-state index is 13.3. The number of alkyl halides is 1. The van der Waals surface area contributed by atoms with Gasteiger partial charge in [-0.25, -0.2) is 14.4 Å². The average Bonchev–Trinajstić information content (AvgIpc) is 2.49. The van der Waals surface area contributed by atoms with Gasteiger partial charge in [0.15, 0.2) is 0 Å². The largest absolute Gasteiger partial charge is 0.368 e. The lowest BCUT2D eigenvalue weighted by Crippen LogP contribution is -2.06. The maximum atomic E-state index is 13.3. The minimum atomic E-state index is -1.22. The van der Waals surface area contributed by atoms with Crippen LogP contribution in [0.3, 0.4) is 0 Å². The third-order valence-corrected chi connectivity index (χ3v) is 3.11. The van der Waals surface area contributed by atoms with Crippen molar-refractivity contribution >= 4 is 17.4 Å². The fraction of sp³-hybridized carbons (Fsp3) is 0.250. The second kappa shape index (κ2) is 7.61. The van der Waals surface area contributed by atoms with Gasteiger partial charge in [-0.15, -0.1) is 0 Å². The van der Waals surface area contributed by atoms with E-state index in [1.807, 2.05) is 30.3 Å². The average molecular weight is 304 g/mol. The quantitative estimate of drug-likeness (QED) is 0.685. The molecule has 2 rings (SSSR count). The summed E-state index contributed by atoms with van der Waals surface area (Å²) in [6, 6.07) is 9.76. The number of halogens is 2. The lowest BCUT2D eigenvalue weighted by Gasteiger charge is -2.09. The van der Waals surface area contributed by atoms with Crippen molar-refractivity contribution in [3.05, 3.63) is 52.9 Å². The summed E-state index contributed by atoms with van der Waals surface area (Å²) in [7, 11) is 0. The predicted octanol–water partition coefficient (Wildman–Crippen LogP) is 4.01. The topological polar surface area (TPSA) is 37.8 Å². The first-order chi connectivity index (χ1) is 10.2. The molecule has 5 heteroatoms. The Kier molecular flexibility index (Phi) is 5.53. The van der Waals surface area contributed by atoms with E-state index in [9.17, 15) is 4.39 Å². The number of anilines is 1. The van der Waals surface area contributed by atoms with Gasteiger partial charge in [-0.05, 0) is 19.1 Å². The summed E-state index contributed by atoms with van der Waals surface area (Å²) in [6.07, 6.45) is 0.712. The maximum Gasteiger partial charge on any atom is 0.148 e. The van der Waals surface area contributed by atoms with Crippen molar-refractivity contribution in [2.45, 2.75) is 19.5 Å². The van der Waals surface area contributed by atoms with Crippen molar-refractivity contribution in [2.75, 3.05) is 11.9 Å². The molecule has 3 nitrogen and oxygen atoms in total. The zero-order valence-corrected chi connectivity index (χ0v) is 12.4. The molecule has 0 saturated carbocycles. The van der Waals surface area contributed by atoms with Crippen LogP contribution in [-0.4, -0.2) is 16.5 Å². The van der Waals surface area contributed by atoms with E-state index < -0.39 is 6.17 Å². The van der Waals surface area contributed by atoms with E-state index in [1.165, 1.54) is 13.3 Å². The van der Waals surface area contributed by atoms with E-state index in [4.69, 9.17) is 11.6 Å². The Morgan fingerprint density at radius 3 is 2.76 bits per heavy atom. The van der Waals surface area contributed by atoms with Crippen molar-refractivity contribution in [1.82, 2.24) is 9.97 Å². The van der Waals surface area contributed by atoms with Crippen LogP contribution in [0.5, 0.6) is 0 Å². The molecule has 21 heavy (non-hydrogen) atoms. The number of rotatable bonds is 4. The van der Waals surface area contributed by atoms with Crippen LogP contribution in [0.4, 0.5) is 10.2 Å². The van der Waals surface area contributed by atoms with Gasteiger partial charge in [-0.2, -0.15) is 0 Å². The molecule has 1 aromatic heterocycles. The zero-order valence-electron chi connectivity index (χ0n) is 11.6. The minimum Gasteiger partial charge on any atom is -0.368 e. The molecule has 0 aliphatic carbocycles. The molecule has 0 amide bonds. The molecule has 1 heterocycles. The van der Waals surface area contributed by atoms with Crippen LogP contribution in [0.15, 0.2) is 36.7 Å². The van der Waals surface area contributed by atoms with Gasteiger partial charge in [-0.3, -0.25) is 0 Å². The molecule has 2 aromatic rings. The van der Waals surface area contributed by atoms with Gasteiger partial charge in [0, 0.05) is 18.5 Å². The smallest absolute Gasteiger partial charge is 0.148 e. The van der Waals surface area contributed by atoms with E-state index in [0.29, 0.717) is 18.8 Å². The Balaban J connectivity index is 1.90. The number of nitrogens with zero attached hydrogens (tertiary/aromatic N) is 2. The predicted molar refractivity (Wildman–Crippen MR) is 83.0 cm³/mol. The summed E-state index contributed by atoms with van der Waals surface area (Å²) >= 11 is 6.05. The van der Waals surface area contributed by atoms with Crippen LogP contribution in [0.25, 0.3) is 0 Å². The molecule has 0 saturated heterocycles. The Labute approximate surface area is 128 Å². The SMILES string of the molecule is CC(F)c1ncnc(NCCC#Cc2ccccc2)c1Cl. The third kappa shape index (κ3) is 4.44. The molecule has 0 bridgehead atoms. The highest BCUT2D eigenvalue weighted by molar-refractivity contribution is 6.33. The van der Waals surface area contributed by atoms with Gasteiger partial charge >= 0.3 is 0 Å². The van der Waals surface area contributed by atoms with Crippen LogP contribution >= 0.6 is 11.6 Å². The van der Waals surface area contributed by atoms with E-state index in [-0.39, 0.29) is 10.7 Å². The first-order valence-electron chi connectivity index (χ1n) is 6.60. The molecule has 0 fully saturated rings. The number of hydrogen-bond acceptors (Lipinski definition) is 3. The van der Waals surface area contributed by atoms with E-state index in [0.717, 1.165) is 5.56 Å². The highest BCUT2D eigenvalue weighted by atomic mass is 35.5. The second-order valence-electron chi connectivity index (χ2n) is 4.38. The second-order valence-corrected chi connectivity index (χ2v) is 4.76. The molecule has 1 aromatic carbocycles. The lowest BCUT2D eigenvalue weighted by atomic mass is 10.2. The van der Waals surface area contributed by atoms with E-state index in [1.54, 1.807) is 0 Å². The summed E-state index contributed by atoms with van der Waals surface area (Å²) < 4.78 is 13.3. The van der Waals surface area contributed by atoms with Crippen molar-refractivity contribution < 1.29 is 4.39 Å². The minimum absolute atomic E-state index is 0.199. The highest BCUT2D eigenvalue weighted by Crippen LogP contribution is 2.27. The van der Waals surface area contributed by atoms with Crippen LogP contribution in [0.2, 0.25) is 5.02 Å². The monoisotopic (exact) mass is 303 g/mol. The van der Waals surface area contributed by atoms with Gasteiger partial charge in [0.05, 0.1) is 5.69 Å². The molecule has 0 aliphatic rings. The Morgan fingerprint density at radius 2 is 2.05 bits per heavy atom. The fourth-order valence-corrected chi connectivity index (χ4v) is 2.03. The van der Waals surface area contributed by atoms with E-state index in [2.05, 4.69) is 27.1 Å². The van der Waals surface area contributed by atoms with Crippen molar-refractivity contribution in [3.8, 4) is 11.8 Å². The molecule has 0 spiro atoms. The number of benzene rings is 1. The molecule has 0 aliphatic heterocycles. The summed E-state index contributed by atoms with van der Waals surface area (Å²) in [6.45, 7) is 1.97. The number of hydrogen-bond donors (Lipinski definition) is 1. The van der Waals surface area contributed by atoms with Gasteiger partial charge in [0.25, 0.3) is 0 Å². The normalized spacial score (nSPS) is 11.4. The summed E-state index contributed by atoms with van der Waals surface area (Å²) in [5.74, 6) is 6.55. The molecule has 1 atom stereocenters. The number of aromatic nitrogens is 2.